The molecular formula is C16H26N4O. The van der Waals surface area contributed by atoms with Crippen molar-refractivity contribution in [2.45, 2.75) is 46.7 Å². The summed E-state index contributed by atoms with van der Waals surface area (Å²) >= 11 is 0. The molecule has 2 N–H and O–H groups in total. The summed E-state index contributed by atoms with van der Waals surface area (Å²) in [5.41, 5.74) is 8.02. The van der Waals surface area contributed by atoms with Gasteiger partial charge in [-0.2, -0.15) is 0 Å². The molecule has 5 heteroatoms. The maximum Gasteiger partial charge on any atom is 0.252 e. The van der Waals surface area contributed by atoms with Crippen LogP contribution in [0.3, 0.4) is 0 Å². The van der Waals surface area contributed by atoms with Crippen LogP contribution < -0.4 is 10.6 Å². The summed E-state index contributed by atoms with van der Waals surface area (Å²) in [5.74, 6) is 0.334. The van der Waals surface area contributed by atoms with Crippen LogP contribution in [0.1, 0.15) is 42.4 Å². The topological polar surface area (TPSA) is 62.5 Å². The Balaban J connectivity index is 2.31. The summed E-state index contributed by atoms with van der Waals surface area (Å²) in [4.78, 5) is 21.0. The van der Waals surface area contributed by atoms with Gasteiger partial charge in [-0.05, 0) is 46.2 Å². The first kappa shape index (κ1) is 15.8. The number of nitrogens with two attached hydrogens (primary N) is 1. The molecule has 2 rings (SSSR count). The van der Waals surface area contributed by atoms with Crippen molar-refractivity contribution in [3.63, 3.8) is 0 Å². The van der Waals surface area contributed by atoms with E-state index in [0.717, 1.165) is 36.7 Å². The van der Waals surface area contributed by atoms with Gasteiger partial charge in [-0.3, -0.25) is 9.69 Å². The molecule has 1 amide bonds. The second kappa shape index (κ2) is 6.02. The van der Waals surface area contributed by atoms with Crippen LogP contribution >= 0.6 is 0 Å². The highest BCUT2D eigenvalue weighted by Gasteiger charge is 2.28. The minimum atomic E-state index is -0.403. The fraction of sp³-hybridized carbons (Fsp3) is 0.625. The molecule has 5 nitrogen and oxygen atoms in total. The van der Waals surface area contributed by atoms with E-state index in [1.54, 1.807) is 0 Å². The van der Waals surface area contributed by atoms with Gasteiger partial charge in [0.25, 0.3) is 5.91 Å². The smallest absolute Gasteiger partial charge is 0.252 e. The molecule has 1 aliphatic heterocycles. The lowest BCUT2D eigenvalue weighted by Gasteiger charge is -2.43. The Morgan fingerprint density at radius 2 is 2.05 bits per heavy atom. The number of piperazine rings is 1. The van der Waals surface area contributed by atoms with Crippen LogP contribution in [0.2, 0.25) is 0 Å². The fourth-order valence-corrected chi connectivity index (χ4v) is 3.05. The van der Waals surface area contributed by atoms with Crippen molar-refractivity contribution in [2.24, 2.45) is 5.73 Å². The number of hydrogen-bond donors (Lipinski definition) is 1. The number of amides is 1. The molecule has 0 bridgehead atoms. The Hall–Kier alpha value is -1.62. The van der Waals surface area contributed by atoms with E-state index in [9.17, 15) is 4.79 Å². The summed E-state index contributed by atoms with van der Waals surface area (Å²) < 4.78 is 0. The van der Waals surface area contributed by atoms with Gasteiger partial charge in [-0.25, -0.2) is 4.98 Å². The fourth-order valence-electron chi connectivity index (χ4n) is 3.05. The molecule has 2 heterocycles. The van der Waals surface area contributed by atoms with Crippen molar-refractivity contribution in [3.8, 4) is 0 Å². The number of anilines is 1. The van der Waals surface area contributed by atoms with Gasteiger partial charge in [0, 0.05) is 37.4 Å². The molecule has 0 unspecified atom stereocenters. The van der Waals surface area contributed by atoms with Gasteiger partial charge in [0.05, 0.1) is 5.56 Å². The number of nitrogens with zero attached hydrogens (tertiary/aromatic N) is 3. The minimum absolute atomic E-state index is 0.403. The van der Waals surface area contributed by atoms with Crippen LogP contribution in [-0.2, 0) is 0 Å². The normalized spacial score (nSPS) is 20.1. The maximum absolute atomic E-state index is 11.7. The van der Waals surface area contributed by atoms with Crippen molar-refractivity contribution in [3.05, 3.63) is 22.9 Å². The van der Waals surface area contributed by atoms with Crippen molar-refractivity contribution in [1.29, 1.82) is 0 Å². The summed E-state index contributed by atoms with van der Waals surface area (Å²) in [7, 11) is 0. The van der Waals surface area contributed by atoms with Gasteiger partial charge in [-0.1, -0.05) is 0 Å². The Morgan fingerprint density at radius 1 is 1.38 bits per heavy atom. The lowest BCUT2D eigenvalue weighted by atomic mass is 10.1. The zero-order valence-electron chi connectivity index (χ0n) is 13.7. The molecule has 0 aromatic carbocycles. The molecular weight excluding hydrogens is 264 g/mol. The zero-order chi connectivity index (χ0) is 15.7. The number of pyridine rings is 1. The minimum Gasteiger partial charge on any atom is -0.365 e. The van der Waals surface area contributed by atoms with Gasteiger partial charge < -0.3 is 10.6 Å². The second-order valence-electron chi connectivity index (χ2n) is 6.25. The third-order valence-corrected chi connectivity index (χ3v) is 4.35. The van der Waals surface area contributed by atoms with Crippen LogP contribution in [0.25, 0.3) is 0 Å². The highest BCUT2D eigenvalue weighted by atomic mass is 16.1. The molecule has 0 saturated carbocycles. The number of carbonyl (C=O) groups excluding carboxylic acids is 1. The van der Waals surface area contributed by atoms with E-state index in [-0.39, 0.29) is 0 Å². The molecule has 1 aromatic heterocycles. The highest BCUT2D eigenvalue weighted by Crippen LogP contribution is 2.24. The number of aromatic nitrogens is 1. The molecule has 1 aromatic rings. The van der Waals surface area contributed by atoms with Crippen LogP contribution in [0.4, 0.5) is 5.82 Å². The second-order valence-corrected chi connectivity index (χ2v) is 6.25. The first-order valence-corrected chi connectivity index (χ1v) is 7.60. The van der Waals surface area contributed by atoms with E-state index in [1.165, 1.54) is 0 Å². The summed E-state index contributed by atoms with van der Waals surface area (Å²) in [6.45, 7) is 13.3. The largest absolute Gasteiger partial charge is 0.365 e. The van der Waals surface area contributed by atoms with Crippen molar-refractivity contribution in [1.82, 2.24) is 9.88 Å². The Bertz CT molecular complexity index is 541. The summed E-state index contributed by atoms with van der Waals surface area (Å²) in [6.07, 6.45) is 0. The zero-order valence-corrected chi connectivity index (χ0v) is 13.7. The monoisotopic (exact) mass is 290 g/mol. The summed E-state index contributed by atoms with van der Waals surface area (Å²) in [6, 6.07) is 2.83. The van der Waals surface area contributed by atoms with Gasteiger partial charge in [-0.15, -0.1) is 0 Å². The molecule has 116 valence electrons. The number of primary amides is 1. The van der Waals surface area contributed by atoms with Gasteiger partial charge in [0.15, 0.2) is 0 Å². The SMILES string of the molecule is Cc1cc(C(N)=O)c(N2CCN(C(C)C)[C@@H](C)C2)nc1C. The van der Waals surface area contributed by atoms with Crippen molar-refractivity contribution < 1.29 is 4.79 Å². The Labute approximate surface area is 127 Å². The molecule has 1 saturated heterocycles. The molecule has 21 heavy (non-hydrogen) atoms. The lowest BCUT2D eigenvalue weighted by Crippen LogP contribution is -2.54. The number of carbonyl (C=O) groups is 1. The molecule has 1 fully saturated rings. The van der Waals surface area contributed by atoms with Gasteiger partial charge in [0.1, 0.15) is 5.82 Å². The third-order valence-electron chi connectivity index (χ3n) is 4.35. The molecule has 0 spiro atoms. The van der Waals surface area contributed by atoms with Crippen LogP contribution in [-0.4, -0.2) is 47.5 Å². The van der Waals surface area contributed by atoms with E-state index < -0.39 is 5.91 Å². The van der Waals surface area contributed by atoms with Crippen molar-refractivity contribution >= 4 is 11.7 Å². The third kappa shape index (κ3) is 3.18. The van der Waals surface area contributed by atoms with E-state index in [2.05, 4.69) is 35.6 Å². The van der Waals surface area contributed by atoms with Crippen molar-refractivity contribution in [2.75, 3.05) is 24.5 Å². The first-order valence-electron chi connectivity index (χ1n) is 7.60. The van der Waals surface area contributed by atoms with E-state index in [0.29, 0.717) is 17.6 Å². The summed E-state index contributed by atoms with van der Waals surface area (Å²) in [5, 5.41) is 0. The first-order chi connectivity index (χ1) is 9.81. The van der Waals surface area contributed by atoms with Gasteiger partial charge in [0.2, 0.25) is 0 Å². The molecule has 0 radical (unpaired) electrons. The average molecular weight is 290 g/mol. The van der Waals surface area contributed by atoms with Crippen LogP contribution in [0.5, 0.6) is 0 Å². The predicted molar refractivity (Wildman–Crippen MR) is 85.7 cm³/mol. The van der Waals surface area contributed by atoms with E-state index in [4.69, 9.17) is 5.73 Å². The maximum atomic E-state index is 11.7. The molecule has 0 aliphatic carbocycles. The lowest BCUT2D eigenvalue weighted by molar-refractivity contribution is 0.0999. The van der Waals surface area contributed by atoms with Crippen LogP contribution in [0.15, 0.2) is 6.07 Å². The predicted octanol–water partition coefficient (Wildman–Crippen LogP) is 1.72. The van der Waals surface area contributed by atoms with Crippen LogP contribution in [0, 0.1) is 13.8 Å². The number of hydrogen-bond acceptors (Lipinski definition) is 4. The van der Waals surface area contributed by atoms with E-state index in [1.807, 2.05) is 19.9 Å². The molecule has 1 aliphatic rings. The number of rotatable bonds is 3. The van der Waals surface area contributed by atoms with E-state index >= 15 is 0 Å². The van der Waals surface area contributed by atoms with Gasteiger partial charge >= 0.3 is 0 Å². The standard InChI is InChI=1S/C16H26N4O/c1-10(2)20-7-6-19(9-12(20)4)16-14(15(17)21)8-11(3)13(5)18-16/h8,10,12H,6-7,9H2,1-5H3,(H2,17,21)/t12-/m0/s1. The highest BCUT2D eigenvalue weighted by molar-refractivity contribution is 5.98. The average Bonchev–Trinajstić information content (AvgIpc) is 2.40. The molecule has 1 atom stereocenters. The quantitative estimate of drug-likeness (QED) is 0.920. The Kier molecular flexibility index (Phi) is 4.52. The number of aryl methyl sites for hydroxylation is 2. The Morgan fingerprint density at radius 3 is 2.57 bits per heavy atom.